The Morgan fingerprint density at radius 2 is 1.37 bits per heavy atom. The van der Waals surface area contributed by atoms with Crippen molar-refractivity contribution in [2.75, 3.05) is 16.8 Å². The Morgan fingerprint density at radius 3 is 2.17 bits per heavy atom. The summed E-state index contributed by atoms with van der Waals surface area (Å²) in [5.41, 5.74) is 15.7. The molecule has 5 nitrogen and oxygen atoms in total. The zero-order valence-electron chi connectivity index (χ0n) is 36.1. The van der Waals surface area contributed by atoms with Crippen molar-refractivity contribution in [3.63, 3.8) is 0 Å². The van der Waals surface area contributed by atoms with Gasteiger partial charge in [0.05, 0.1) is 0 Å². The van der Waals surface area contributed by atoms with E-state index in [-0.39, 0.29) is 31.9 Å². The third kappa shape index (κ3) is 5.55. The summed E-state index contributed by atoms with van der Waals surface area (Å²) >= 11 is 0. The van der Waals surface area contributed by atoms with Crippen LogP contribution in [-0.4, -0.2) is 16.6 Å². The summed E-state index contributed by atoms with van der Waals surface area (Å²) in [5.74, 6) is 2.07. The second-order valence-electron chi connectivity index (χ2n) is 18.6. The molecular formula is C57H45N4OPt-3. The van der Waals surface area contributed by atoms with Crippen molar-refractivity contribution in [1.82, 2.24) is 9.55 Å². The van der Waals surface area contributed by atoms with Crippen LogP contribution in [-0.2, 0) is 37.3 Å². The first-order valence-corrected chi connectivity index (χ1v) is 21.5. The number of para-hydroxylation sites is 2. The van der Waals surface area contributed by atoms with Gasteiger partial charge in [-0.15, -0.1) is 35.2 Å². The summed E-state index contributed by atoms with van der Waals surface area (Å²) in [6.07, 6.45) is 1.83. The number of rotatable bonds is 4. The van der Waals surface area contributed by atoms with E-state index in [0.29, 0.717) is 11.5 Å². The smallest absolute Gasteiger partial charge is 0.135 e. The molecule has 1 unspecified atom stereocenters. The number of ether oxygens (including phenoxy) is 1. The fraction of sp³-hybridized carbons (Fsp3) is 0.158. The van der Waals surface area contributed by atoms with Crippen molar-refractivity contribution < 1.29 is 25.8 Å². The predicted molar refractivity (Wildman–Crippen MR) is 252 cm³/mol. The first-order valence-electron chi connectivity index (χ1n) is 21.5. The molecule has 63 heavy (non-hydrogen) atoms. The van der Waals surface area contributed by atoms with Crippen molar-refractivity contribution in [1.29, 1.82) is 0 Å². The van der Waals surface area contributed by atoms with Crippen LogP contribution in [0.5, 0.6) is 11.5 Å². The SMILES string of the molecule is CN1[CH-]N2c3[c-]c(Oc4[c-]c5c(cc4)c4ccccc4n5-c4ccccn4)ccc3C3(c4cc(-c5ccccc5)ccc4C(C)(C)c4cccc(C(C)(C)C)c43)c3cccc1c32.[Pt]. The summed E-state index contributed by atoms with van der Waals surface area (Å²) in [6.45, 7) is 14.1. The third-order valence-electron chi connectivity index (χ3n) is 13.7. The van der Waals surface area contributed by atoms with E-state index in [1.54, 1.807) is 0 Å². The van der Waals surface area contributed by atoms with Crippen LogP contribution in [0.1, 0.15) is 73.6 Å². The molecule has 4 heterocycles. The first-order chi connectivity index (χ1) is 30.0. The topological polar surface area (TPSA) is 33.5 Å². The molecule has 2 aliphatic heterocycles. The summed E-state index contributed by atoms with van der Waals surface area (Å²) in [5, 5.41) is 2.24. The molecule has 12 rings (SSSR count). The van der Waals surface area contributed by atoms with Crippen LogP contribution in [0.3, 0.4) is 0 Å². The number of aromatic nitrogens is 2. The molecule has 7 aromatic carbocycles. The third-order valence-corrected chi connectivity index (χ3v) is 13.7. The molecule has 0 bridgehead atoms. The van der Waals surface area contributed by atoms with Gasteiger partial charge in [-0.25, -0.2) is 4.98 Å². The second-order valence-corrected chi connectivity index (χ2v) is 18.6. The van der Waals surface area contributed by atoms with E-state index >= 15 is 0 Å². The number of hydrogen-bond donors (Lipinski definition) is 0. The number of anilines is 3. The standard InChI is InChI=1S/C57H45N4O.Pt/c1-55(2,3)44-19-14-20-45-53(44)57(47-32-37(36-16-8-7-9-17-36)25-29-42(47)56(45,4)5)43-30-27-39(34-51(43)60-35-59(6)49-23-15-21-46(57)54(49)60)62-38-26-28-41-40-18-10-11-22-48(40)61(50(41)33-38)52-24-12-13-31-58-52;/h7-32,35H,1-6H3;/q-3;. The second kappa shape index (κ2) is 14.0. The number of hydrogen-bond acceptors (Lipinski definition) is 4. The molecule has 1 aliphatic carbocycles. The Labute approximate surface area is 383 Å². The Morgan fingerprint density at radius 1 is 0.635 bits per heavy atom. The molecule has 1 spiro atoms. The zero-order valence-corrected chi connectivity index (χ0v) is 38.4. The maximum absolute atomic E-state index is 6.87. The monoisotopic (exact) mass is 996 g/mol. The maximum atomic E-state index is 6.87. The van der Waals surface area contributed by atoms with Gasteiger partial charge in [0.25, 0.3) is 0 Å². The Bertz CT molecular complexity index is 3290. The molecule has 0 saturated carbocycles. The van der Waals surface area contributed by atoms with Crippen LogP contribution in [0, 0.1) is 18.8 Å². The average Bonchev–Trinajstić information content (AvgIpc) is 3.81. The summed E-state index contributed by atoms with van der Waals surface area (Å²) in [7, 11) is 2.14. The minimum Gasteiger partial charge on any atom is -0.509 e. The molecule has 2 aromatic heterocycles. The van der Waals surface area contributed by atoms with Gasteiger partial charge < -0.3 is 19.1 Å². The van der Waals surface area contributed by atoms with E-state index in [4.69, 9.17) is 9.72 Å². The number of fused-ring (bicyclic) bond motifs is 11. The Kier molecular flexibility index (Phi) is 8.79. The van der Waals surface area contributed by atoms with Crippen molar-refractivity contribution in [2.45, 2.75) is 50.9 Å². The average molecular weight is 997 g/mol. The quantitative estimate of drug-likeness (QED) is 0.165. The van der Waals surface area contributed by atoms with Crippen molar-refractivity contribution in [3.05, 3.63) is 216 Å². The molecule has 6 heteroatoms. The predicted octanol–water partition coefficient (Wildman–Crippen LogP) is 13.6. The van der Waals surface area contributed by atoms with Crippen molar-refractivity contribution in [2.24, 2.45) is 0 Å². The van der Waals surface area contributed by atoms with E-state index in [0.717, 1.165) is 39.0 Å². The first kappa shape index (κ1) is 39.4. The van der Waals surface area contributed by atoms with Gasteiger partial charge in [0.2, 0.25) is 0 Å². The van der Waals surface area contributed by atoms with Crippen LogP contribution >= 0.6 is 0 Å². The maximum Gasteiger partial charge on any atom is 0.135 e. The molecule has 0 amide bonds. The Hall–Kier alpha value is -6.42. The normalized spacial score (nSPS) is 16.7. The van der Waals surface area contributed by atoms with Crippen LogP contribution < -0.4 is 14.5 Å². The molecular weight excluding hydrogens is 952 g/mol. The zero-order chi connectivity index (χ0) is 42.1. The van der Waals surface area contributed by atoms with Crippen molar-refractivity contribution in [3.8, 4) is 28.4 Å². The van der Waals surface area contributed by atoms with Gasteiger partial charge in [-0.3, -0.25) is 0 Å². The summed E-state index contributed by atoms with van der Waals surface area (Å²) < 4.78 is 9.04. The van der Waals surface area contributed by atoms with E-state index in [2.05, 4.69) is 202 Å². The minimum atomic E-state index is -0.686. The van der Waals surface area contributed by atoms with Crippen molar-refractivity contribution >= 4 is 38.9 Å². The molecule has 0 fully saturated rings. The molecule has 9 aromatic rings. The van der Waals surface area contributed by atoms with Gasteiger partial charge in [-0.05, 0) is 86.6 Å². The van der Waals surface area contributed by atoms with E-state index < -0.39 is 5.41 Å². The van der Waals surface area contributed by atoms with E-state index in [1.807, 2.05) is 30.5 Å². The van der Waals surface area contributed by atoms with Gasteiger partial charge in [0, 0.05) is 66.5 Å². The van der Waals surface area contributed by atoms with E-state index in [9.17, 15) is 0 Å². The van der Waals surface area contributed by atoms with Crippen LogP contribution in [0.15, 0.2) is 158 Å². The summed E-state index contributed by atoms with van der Waals surface area (Å²) in [4.78, 5) is 9.32. The van der Waals surface area contributed by atoms with Gasteiger partial charge in [0.15, 0.2) is 0 Å². The largest absolute Gasteiger partial charge is 0.509 e. The van der Waals surface area contributed by atoms with Crippen LogP contribution in [0.2, 0.25) is 0 Å². The van der Waals surface area contributed by atoms with Crippen LogP contribution in [0.4, 0.5) is 17.1 Å². The fourth-order valence-electron chi connectivity index (χ4n) is 10.9. The van der Waals surface area contributed by atoms with Gasteiger partial charge in [0.1, 0.15) is 5.82 Å². The molecule has 0 saturated heterocycles. The van der Waals surface area contributed by atoms with Crippen LogP contribution in [0.25, 0.3) is 38.8 Å². The molecule has 0 radical (unpaired) electrons. The molecule has 312 valence electrons. The minimum absolute atomic E-state index is 0. The molecule has 3 aliphatic rings. The molecule has 1 atom stereocenters. The van der Waals surface area contributed by atoms with Gasteiger partial charge in [-0.1, -0.05) is 149 Å². The number of nitrogens with zero attached hydrogens (tertiary/aromatic N) is 4. The summed E-state index contributed by atoms with van der Waals surface area (Å²) in [6, 6.07) is 62.5. The van der Waals surface area contributed by atoms with E-state index in [1.165, 1.54) is 55.8 Å². The van der Waals surface area contributed by atoms with Gasteiger partial charge in [-0.2, -0.15) is 18.8 Å². The fourth-order valence-corrected chi connectivity index (χ4v) is 10.9. The molecule has 0 N–H and O–H groups in total. The van der Waals surface area contributed by atoms with Gasteiger partial charge >= 0.3 is 0 Å². The number of benzene rings is 7. The Balaban J connectivity index is 0.00000444. The number of pyridine rings is 1.